The molecule has 0 aromatic heterocycles. The number of hydrogen-bond donors (Lipinski definition) is 2. The summed E-state index contributed by atoms with van der Waals surface area (Å²) in [6, 6.07) is 24.4. The number of rotatable bonds is 7. The third kappa shape index (κ3) is 4.63. The molecule has 0 spiro atoms. The van der Waals surface area contributed by atoms with Crippen LogP contribution in [-0.2, 0) is 34.4 Å². The zero-order valence-electron chi connectivity index (χ0n) is 20.5. The van der Waals surface area contributed by atoms with Crippen LogP contribution in [0.5, 0.6) is 0 Å². The lowest BCUT2D eigenvalue weighted by molar-refractivity contribution is -0.135. The topological polar surface area (TPSA) is 78.5 Å². The van der Waals surface area contributed by atoms with Crippen LogP contribution in [0.4, 0.5) is 4.79 Å². The second-order valence-electron chi connectivity index (χ2n) is 9.78. The number of imide groups is 1. The predicted octanol–water partition coefficient (Wildman–Crippen LogP) is 4.43. The van der Waals surface area contributed by atoms with E-state index in [0.29, 0.717) is 12.0 Å². The fourth-order valence-electron chi connectivity index (χ4n) is 5.35. The van der Waals surface area contributed by atoms with Crippen molar-refractivity contribution in [2.24, 2.45) is 0 Å². The number of urea groups is 1. The van der Waals surface area contributed by atoms with Gasteiger partial charge in [-0.25, -0.2) is 4.79 Å². The van der Waals surface area contributed by atoms with Crippen molar-refractivity contribution in [2.45, 2.75) is 50.6 Å². The van der Waals surface area contributed by atoms with Crippen molar-refractivity contribution < 1.29 is 14.4 Å². The maximum atomic E-state index is 13.8. The van der Waals surface area contributed by atoms with Crippen LogP contribution in [-0.4, -0.2) is 29.3 Å². The largest absolute Gasteiger partial charge is 0.348 e. The highest BCUT2D eigenvalue weighted by molar-refractivity contribution is 6.09. The van der Waals surface area contributed by atoms with Crippen LogP contribution in [0.25, 0.3) is 0 Å². The molecule has 6 nitrogen and oxygen atoms in total. The fourth-order valence-corrected chi connectivity index (χ4v) is 5.35. The summed E-state index contributed by atoms with van der Waals surface area (Å²) < 4.78 is 0. The van der Waals surface area contributed by atoms with E-state index < -0.39 is 17.5 Å². The quantitative estimate of drug-likeness (QED) is 0.490. The molecule has 6 heteroatoms. The van der Waals surface area contributed by atoms with Crippen molar-refractivity contribution >= 4 is 17.8 Å². The van der Waals surface area contributed by atoms with Gasteiger partial charge < -0.3 is 10.6 Å². The van der Waals surface area contributed by atoms with Gasteiger partial charge in [-0.2, -0.15) is 0 Å². The van der Waals surface area contributed by atoms with Crippen molar-refractivity contribution in [1.29, 1.82) is 0 Å². The molecule has 5 rings (SSSR count). The summed E-state index contributed by atoms with van der Waals surface area (Å²) in [6.07, 6.45) is 4.88. The zero-order valence-corrected chi connectivity index (χ0v) is 20.5. The Morgan fingerprint density at radius 1 is 0.944 bits per heavy atom. The highest BCUT2D eigenvalue weighted by atomic mass is 16.2. The van der Waals surface area contributed by atoms with Gasteiger partial charge in [0.1, 0.15) is 6.54 Å². The molecule has 1 saturated heterocycles. The van der Waals surface area contributed by atoms with Gasteiger partial charge >= 0.3 is 6.03 Å². The first-order valence-electron chi connectivity index (χ1n) is 12.6. The van der Waals surface area contributed by atoms with Gasteiger partial charge in [0.2, 0.25) is 5.91 Å². The Bertz CT molecular complexity index is 1280. The average molecular weight is 482 g/mol. The van der Waals surface area contributed by atoms with Crippen molar-refractivity contribution in [2.75, 3.05) is 6.54 Å². The number of carbonyl (C=O) groups excluding carboxylic acids is 3. The van der Waals surface area contributed by atoms with E-state index in [0.717, 1.165) is 28.9 Å². The van der Waals surface area contributed by atoms with Crippen LogP contribution >= 0.6 is 0 Å². The van der Waals surface area contributed by atoms with Crippen molar-refractivity contribution in [3.8, 4) is 0 Å². The van der Waals surface area contributed by atoms with Crippen LogP contribution in [0, 0.1) is 0 Å². The number of nitrogens with zero attached hydrogens (tertiary/aromatic N) is 1. The first-order valence-corrected chi connectivity index (χ1v) is 12.6. The van der Waals surface area contributed by atoms with Crippen molar-refractivity contribution in [3.63, 3.8) is 0 Å². The number of hydrogen-bond acceptors (Lipinski definition) is 3. The summed E-state index contributed by atoms with van der Waals surface area (Å²) in [7, 11) is 0. The number of aryl methyl sites for hydroxylation is 2. The van der Waals surface area contributed by atoms with E-state index >= 15 is 0 Å². The van der Waals surface area contributed by atoms with Gasteiger partial charge in [0.05, 0.1) is 6.04 Å². The number of benzene rings is 3. The van der Waals surface area contributed by atoms with E-state index in [-0.39, 0.29) is 18.5 Å². The lowest BCUT2D eigenvalue weighted by Gasteiger charge is -2.27. The molecule has 1 aliphatic heterocycles. The molecule has 1 heterocycles. The molecule has 184 valence electrons. The molecule has 3 aromatic rings. The molecular weight excluding hydrogens is 450 g/mol. The average Bonchev–Trinajstić information content (AvgIpc) is 3.14. The van der Waals surface area contributed by atoms with Crippen LogP contribution in [0.15, 0.2) is 78.9 Å². The van der Waals surface area contributed by atoms with E-state index in [1.165, 1.54) is 24.0 Å². The normalized spacial score (nSPS) is 20.0. The summed E-state index contributed by atoms with van der Waals surface area (Å²) >= 11 is 0. The third-order valence-corrected chi connectivity index (χ3v) is 7.31. The molecule has 2 atom stereocenters. The predicted molar refractivity (Wildman–Crippen MR) is 138 cm³/mol. The summed E-state index contributed by atoms with van der Waals surface area (Å²) in [6.45, 7) is 1.60. The molecule has 0 bridgehead atoms. The smallest absolute Gasteiger partial charge is 0.325 e. The van der Waals surface area contributed by atoms with Gasteiger partial charge in [-0.1, -0.05) is 78.9 Å². The molecule has 36 heavy (non-hydrogen) atoms. The number of fused-ring (bicyclic) bond motifs is 1. The number of amides is 4. The van der Waals surface area contributed by atoms with Gasteiger partial charge in [-0.05, 0) is 60.4 Å². The van der Waals surface area contributed by atoms with Gasteiger partial charge in [-0.15, -0.1) is 0 Å². The fraction of sp³-hybridized carbons (Fsp3) is 0.300. The first kappa shape index (κ1) is 23.8. The molecule has 3 aromatic carbocycles. The molecule has 1 fully saturated rings. The summed E-state index contributed by atoms with van der Waals surface area (Å²) in [5.41, 5.74) is 4.12. The van der Waals surface area contributed by atoms with Gasteiger partial charge in [0.15, 0.2) is 5.54 Å². The van der Waals surface area contributed by atoms with E-state index in [1.54, 1.807) is 0 Å². The van der Waals surface area contributed by atoms with Gasteiger partial charge in [0.25, 0.3) is 5.91 Å². The molecule has 4 amide bonds. The Balaban J connectivity index is 1.33. The highest BCUT2D eigenvalue weighted by Crippen LogP contribution is 2.33. The van der Waals surface area contributed by atoms with Crippen LogP contribution < -0.4 is 10.6 Å². The highest BCUT2D eigenvalue weighted by Gasteiger charge is 2.52. The van der Waals surface area contributed by atoms with Gasteiger partial charge in [-0.3, -0.25) is 14.5 Å². The monoisotopic (exact) mass is 481 g/mol. The molecular formula is C30H31N3O3. The lowest BCUT2D eigenvalue weighted by Crippen LogP contribution is -2.47. The zero-order chi connectivity index (χ0) is 25.1. The Kier molecular flexibility index (Phi) is 6.59. The Morgan fingerprint density at radius 3 is 2.33 bits per heavy atom. The molecule has 0 radical (unpaired) electrons. The van der Waals surface area contributed by atoms with Crippen LogP contribution in [0.2, 0.25) is 0 Å². The molecule has 0 unspecified atom stereocenters. The minimum absolute atomic E-state index is 0.228. The second-order valence-corrected chi connectivity index (χ2v) is 9.78. The third-order valence-electron chi connectivity index (χ3n) is 7.31. The van der Waals surface area contributed by atoms with Crippen LogP contribution in [0.1, 0.15) is 53.6 Å². The summed E-state index contributed by atoms with van der Waals surface area (Å²) in [4.78, 5) is 40.8. The summed E-state index contributed by atoms with van der Waals surface area (Å²) in [5.74, 6) is -0.786. The standard InChI is InChI=1S/C30H31N3O3/c1-21(24-17-16-23-12-8-9-13-25(23)18-24)31-27(34)20-33-28(35)30(32-29(33)36,26-14-6-3-7-15-26)19-22-10-4-2-5-11-22/h2-7,10-11,14-18,21H,8-9,12-13,19-20H2,1H3,(H,31,34)(H,32,36)/t21-,30-/m0/s1. The number of nitrogens with one attached hydrogen (secondary N) is 2. The Hall–Kier alpha value is -3.93. The van der Waals surface area contributed by atoms with E-state index in [1.807, 2.05) is 67.6 Å². The van der Waals surface area contributed by atoms with E-state index in [9.17, 15) is 14.4 Å². The SMILES string of the molecule is C[C@H](NC(=O)CN1C(=O)N[C@@](Cc2ccccc2)(c2ccccc2)C1=O)c1ccc2c(c1)CCCC2. The maximum absolute atomic E-state index is 13.8. The Labute approximate surface area is 211 Å². The Morgan fingerprint density at radius 2 is 1.61 bits per heavy atom. The minimum atomic E-state index is -1.26. The molecule has 2 N–H and O–H groups in total. The lowest BCUT2D eigenvalue weighted by atomic mass is 9.83. The second kappa shape index (κ2) is 9.97. The van der Waals surface area contributed by atoms with Gasteiger partial charge in [0, 0.05) is 6.42 Å². The molecule has 2 aliphatic rings. The summed E-state index contributed by atoms with van der Waals surface area (Å²) in [5, 5.41) is 5.89. The van der Waals surface area contributed by atoms with Crippen molar-refractivity contribution in [1.82, 2.24) is 15.5 Å². The van der Waals surface area contributed by atoms with Crippen molar-refractivity contribution in [3.05, 3.63) is 107 Å². The molecule has 1 aliphatic carbocycles. The van der Waals surface area contributed by atoms with Crippen LogP contribution in [0.3, 0.4) is 0 Å². The maximum Gasteiger partial charge on any atom is 0.325 e. The first-order chi connectivity index (χ1) is 17.5. The molecule has 0 saturated carbocycles. The van der Waals surface area contributed by atoms with E-state index in [4.69, 9.17) is 0 Å². The number of carbonyl (C=O) groups is 3. The van der Waals surface area contributed by atoms with E-state index in [2.05, 4.69) is 28.8 Å². The minimum Gasteiger partial charge on any atom is -0.348 e.